The summed E-state index contributed by atoms with van der Waals surface area (Å²) in [7, 11) is 1.60. The number of rotatable bonds is 8. The first-order chi connectivity index (χ1) is 14.6. The number of methoxy groups -OCH3 is 1. The van der Waals surface area contributed by atoms with Gasteiger partial charge in [0.1, 0.15) is 11.4 Å². The van der Waals surface area contributed by atoms with Crippen molar-refractivity contribution in [3.05, 3.63) is 58.1 Å². The van der Waals surface area contributed by atoms with Crippen molar-refractivity contribution in [2.75, 3.05) is 44.1 Å². The predicted octanol–water partition coefficient (Wildman–Crippen LogP) is 2.68. The zero-order chi connectivity index (χ0) is 21.3. The zero-order valence-corrected chi connectivity index (χ0v) is 17.3. The number of hydrogen-bond donors (Lipinski definition) is 1. The van der Waals surface area contributed by atoms with Gasteiger partial charge in [-0.2, -0.15) is 5.10 Å². The molecule has 1 N–H and O–H groups in total. The van der Waals surface area contributed by atoms with Gasteiger partial charge in [-0.25, -0.2) is 5.43 Å². The molecule has 30 heavy (non-hydrogen) atoms. The van der Waals surface area contributed by atoms with Crippen LogP contribution < -0.4 is 15.1 Å². The largest absolute Gasteiger partial charge is 0.497 e. The number of ether oxygens (including phenoxy) is 2. The fourth-order valence-corrected chi connectivity index (χ4v) is 3.56. The predicted molar refractivity (Wildman–Crippen MR) is 116 cm³/mol. The second-order valence-corrected chi connectivity index (χ2v) is 7.41. The van der Waals surface area contributed by atoms with Crippen molar-refractivity contribution in [1.82, 2.24) is 5.43 Å². The molecular weight excluding hydrogens is 408 g/mol. The normalized spacial score (nSPS) is 14.0. The molecule has 1 amide bonds. The Labute approximate surface area is 178 Å². The lowest BCUT2D eigenvalue weighted by Gasteiger charge is -2.28. The number of benzene rings is 2. The molecule has 10 heteroatoms. The highest BCUT2D eigenvalue weighted by molar-refractivity contribution is 8.00. The fourth-order valence-electron chi connectivity index (χ4n) is 2.87. The molecule has 0 unspecified atom stereocenters. The van der Waals surface area contributed by atoms with Crippen molar-refractivity contribution in [1.29, 1.82) is 0 Å². The van der Waals surface area contributed by atoms with Gasteiger partial charge in [0.25, 0.3) is 5.69 Å². The summed E-state index contributed by atoms with van der Waals surface area (Å²) >= 11 is 1.37. The fraction of sp³-hybridized carbons (Fsp3) is 0.300. The van der Waals surface area contributed by atoms with Crippen molar-refractivity contribution in [3.63, 3.8) is 0 Å². The molecule has 1 heterocycles. The maximum atomic E-state index is 12.0. The average Bonchev–Trinajstić information content (AvgIpc) is 2.78. The quantitative estimate of drug-likeness (QED) is 0.297. The van der Waals surface area contributed by atoms with Crippen LogP contribution in [0.5, 0.6) is 5.75 Å². The van der Waals surface area contributed by atoms with Crippen molar-refractivity contribution in [2.24, 2.45) is 5.10 Å². The van der Waals surface area contributed by atoms with Crippen LogP contribution in [0.15, 0.2) is 52.5 Å². The number of nitro groups is 1. The molecule has 1 saturated heterocycles. The van der Waals surface area contributed by atoms with E-state index >= 15 is 0 Å². The average molecular weight is 430 g/mol. The monoisotopic (exact) mass is 430 g/mol. The Morgan fingerprint density at radius 2 is 2.03 bits per heavy atom. The van der Waals surface area contributed by atoms with Crippen LogP contribution in [0.2, 0.25) is 0 Å². The summed E-state index contributed by atoms with van der Waals surface area (Å²) in [4.78, 5) is 25.9. The van der Waals surface area contributed by atoms with E-state index in [0.29, 0.717) is 37.6 Å². The van der Waals surface area contributed by atoms with E-state index in [1.807, 2.05) is 29.2 Å². The standard InChI is InChI=1S/C20H22N4O5S/c1-28-16-3-5-17(6-4-16)30-14-20(25)22-21-13-15-2-7-18(19(12-15)24(26)27)23-8-10-29-11-9-23/h2-7,12-13H,8-11,14H2,1H3,(H,22,25)/b21-13+. The topological polar surface area (TPSA) is 106 Å². The van der Waals surface area contributed by atoms with Crippen molar-refractivity contribution in [2.45, 2.75) is 4.90 Å². The van der Waals surface area contributed by atoms with Crippen LogP contribution in [0, 0.1) is 10.1 Å². The summed E-state index contributed by atoms with van der Waals surface area (Å²) < 4.78 is 10.4. The van der Waals surface area contributed by atoms with E-state index in [1.54, 1.807) is 19.2 Å². The smallest absolute Gasteiger partial charge is 0.293 e. The molecule has 3 rings (SSSR count). The number of amides is 1. The van der Waals surface area contributed by atoms with Gasteiger partial charge >= 0.3 is 0 Å². The summed E-state index contributed by atoms with van der Waals surface area (Å²) in [5, 5.41) is 15.4. The third kappa shape index (κ3) is 5.94. The first kappa shape index (κ1) is 21.6. The number of thioether (sulfide) groups is 1. The molecule has 0 aromatic heterocycles. The second-order valence-electron chi connectivity index (χ2n) is 6.36. The number of carbonyl (C=O) groups is 1. The van der Waals surface area contributed by atoms with Crippen LogP contribution in [0.25, 0.3) is 0 Å². The number of nitro benzene ring substituents is 1. The highest BCUT2D eigenvalue weighted by atomic mass is 32.2. The van der Waals surface area contributed by atoms with E-state index in [0.717, 1.165) is 10.6 Å². The van der Waals surface area contributed by atoms with Crippen LogP contribution >= 0.6 is 11.8 Å². The third-order valence-electron chi connectivity index (χ3n) is 4.38. The molecule has 1 aliphatic rings. The van der Waals surface area contributed by atoms with E-state index in [1.165, 1.54) is 24.0 Å². The number of anilines is 1. The van der Waals surface area contributed by atoms with E-state index < -0.39 is 4.92 Å². The summed E-state index contributed by atoms with van der Waals surface area (Å²) in [5.41, 5.74) is 3.53. The molecular formula is C20H22N4O5S. The van der Waals surface area contributed by atoms with Gasteiger partial charge in [0, 0.05) is 29.6 Å². The molecule has 2 aromatic rings. The SMILES string of the molecule is COc1ccc(SCC(=O)N/N=C/c2ccc(N3CCOCC3)c([N+](=O)[O-])c2)cc1. The van der Waals surface area contributed by atoms with Crippen LogP contribution in [-0.4, -0.2) is 56.2 Å². The summed E-state index contributed by atoms with van der Waals surface area (Å²) in [6, 6.07) is 12.3. The van der Waals surface area contributed by atoms with E-state index in [9.17, 15) is 14.9 Å². The Kier molecular flexibility index (Phi) is 7.63. The number of nitrogens with one attached hydrogen (secondary N) is 1. The molecule has 2 aromatic carbocycles. The summed E-state index contributed by atoms with van der Waals surface area (Å²) in [5.74, 6) is 0.674. The Hall–Kier alpha value is -3.11. The second kappa shape index (κ2) is 10.6. The van der Waals surface area contributed by atoms with Crippen molar-refractivity contribution in [3.8, 4) is 5.75 Å². The molecule has 1 aliphatic heterocycles. The lowest BCUT2D eigenvalue weighted by molar-refractivity contribution is -0.384. The number of nitrogens with zero attached hydrogens (tertiary/aromatic N) is 3. The van der Waals surface area contributed by atoms with E-state index in [2.05, 4.69) is 10.5 Å². The minimum absolute atomic E-state index is 0.00207. The number of hydrogen-bond acceptors (Lipinski definition) is 8. The Bertz CT molecular complexity index is 914. The van der Waals surface area contributed by atoms with Crippen LogP contribution in [0.3, 0.4) is 0 Å². The van der Waals surface area contributed by atoms with Crippen LogP contribution in [-0.2, 0) is 9.53 Å². The van der Waals surface area contributed by atoms with Gasteiger partial charge in [-0.15, -0.1) is 11.8 Å². The van der Waals surface area contributed by atoms with Gasteiger partial charge in [-0.1, -0.05) is 6.07 Å². The Morgan fingerprint density at radius 1 is 1.30 bits per heavy atom. The zero-order valence-electron chi connectivity index (χ0n) is 16.4. The highest BCUT2D eigenvalue weighted by Gasteiger charge is 2.21. The first-order valence-corrected chi connectivity index (χ1v) is 10.3. The van der Waals surface area contributed by atoms with E-state index in [-0.39, 0.29) is 17.3 Å². The van der Waals surface area contributed by atoms with Gasteiger partial charge in [0.15, 0.2) is 0 Å². The Morgan fingerprint density at radius 3 is 2.70 bits per heavy atom. The first-order valence-electron chi connectivity index (χ1n) is 9.26. The van der Waals surface area contributed by atoms with Gasteiger partial charge in [0.2, 0.25) is 5.91 Å². The molecule has 0 aliphatic carbocycles. The number of carbonyl (C=O) groups excluding carboxylic acids is 1. The summed E-state index contributed by atoms with van der Waals surface area (Å²) in [6.07, 6.45) is 1.39. The van der Waals surface area contributed by atoms with Gasteiger partial charge in [-0.05, 0) is 30.3 Å². The molecule has 0 saturated carbocycles. The third-order valence-corrected chi connectivity index (χ3v) is 5.39. The number of morpholine rings is 1. The maximum absolute atomic E-state index is 12.0. The van der Waals surface area contributed by atoms with Crippen molar-refractivity contribution >= 4 is 35.3 Å². The molecule has 158 valence electrons. The maximum Gasteiger partial charge on any atom is 0.293 e. The van der Waals surface area contributed by atoms with Gasteiger partial charge in [0.05, 0.1) is 37.2 Å². The minimum Gasteiger partial charge on any atom is -0.497 e. The molecule has 0 bridgehead atoms. The van der Waals surface area contributed by atoms with Gasteiger partial charge in [-0.3, -0.25) is 14.9 Å². The molecule has 0 spiro atoms. The molecule has 9 nitrogen and oxygen atoms in total. The van der Waals surface area contributed by atoms with Gasteiger partial charge < -0.3 is 14.4 Å². The molecule has 0 radical (unpaired) electrons. The lowest BCUT2D eigenvalue weighted by atomic mass is 10.1. The number of hydrazone groups is 1. The van der Waals surface area contributed by atoms with E-state index in [4.69, 9.17) is 9.47 Å². The Balaban J connectivity index is 1.56. The lowest BCUT2D eigenvalue weighted by Crippen LogP contribution is -2.36. The van der Waals surface area contributed by atoms with Crippen LogP contribution in [0.1, 0.15) is 5.56 Å². The molecule has 1 fully saturated rings. The van der Waals surface area contributed by atoms with Crippen LogP contribution in [0.4, 0.5) is 11.4 Å². The summed E-state index contributed by atoms with van der Waals surface area (Å²) in [6.45, 7) is 2.30. The minimum atomic E-state index is -0.411. The highest BCUT2D eigenvalue weighted by Crippen LogP contribution is 2.29. The van der Waals surface area contributed by atoms with Crippen molar-refractivity contribution < 1.29 is 19.2 Å². The molecule has 0 atom stereocenters.